The highest BCUT2D eigenvalue weighted by atomic mass is 19.4. The maximum absolute atomic E-state index is 13.7. The first-order valence-corrected chi connectivity index (χ1v) is 17.9. The number of benzene rings is 3. The van der Waals surface area contributed by atoms with E-state index in [9.17, 15) is 18.0 Å². The monoisotopic (exact) mass is 650 g/mol. The van der Waals surface area contributed by atoms with Gasteiger partial charge in [0.15, 0.2) is 6.10 Å². The van der Waals surface area contributed by atoms with Crippen LogP contribution >= 0.6 is 0 Å². The highest BCUT2D eigenvalue weighted by Gasteiger charge is 2.42. The number of hydrogen-bond acceptors (Lipinski definition) is 3. The fourth-order valence-electron chi connectivity index (χ4n) is 6.95. The molecule has 1 aliphatic carbocycles. The van der Waals surface area contributed by atoms with Gasteiger partial charge in [-0.2, -0.15) is 13.2 Å². The van der Waals surface area contributed by atoms with Crippen LogP contribution in [-0.2, 0) is 4.74 Å². The van der Waals surface area contributed by atoms with Crippen molar-refractivity contribution in [2.45, 2.75) is 128 Å². The topological polar surface area (TPSA) is 35.5 Å². The molecule has 0 amide bonds. The summed E-state index contributed by atoms with van der Waals surface area (Å²) < 4.78 is 51.5. The molecule has 6 heteroatoms. The number of alkyl halides is 3. The lowest BCUT2D eigenvalue weighted by Crippen LogP contribution is -2.33. The zero-order chi connectivity index (χ0) is 33.6. The molecule has 256 valence electrons. The Morgan fingerprint density at radius 1 is 0.766 bits per heavy atom. The van der Waals surface area contributed by atoms with Gasteiger partial charge < -0.3 is 9.47 Å². The van der Waals surface area contributed by atoms with Gasteiger partial charge in [0.2, 0.25) is 0 Å². The molecule has 1 saturated carbocycles. The van der Waals surface area contributed by atoms with Crippen molar-refractivity contribution in [1.82, 2.24) is 0 Å². The molecular weight excluding hydrogens is 597 g/mol. The van der Waals surface area contributed by atoms with Crippen LogP contribution in [0, 0.1) is 5.92 Å². The average Bonchev–Trinajstić information content (AvgIpc) is 3.09. The summed E-state index contributed by atoms with van der Waals surface area (Å²) in [5.41, 5.74) is 5.40. The van der Waals surface area contributed by atoms with E-state index in [4.69, 9.17) is 9.47 Å². The molecule has 1 atom stereocenters. The molecule has 3 aromatic carbocycles. The summed E-state index contributed by atoms with van der Waals surface area (Å²) in [5.74, 6) is 1.13. The average molecular weight is 651 g/mol. The molecule has 1 fully saturated rings. The number of ether oxygens (including phenoxy) is 2. The van der Waals surface area contributed by atoms with Crippen LogP contribution in [0.25, 0.3) is 22.3 Å². The third-order valence-electron chi connectivity index (χ3n) is 9.82. The molecule has 0 bridgehead atoms. The normalized spacial score (nSPS) is 17.3. The van der Waals surface area contributed by atoms with E-state index in [-0.39, 0.29) is 12.0 Å². The fraction of sp³-hybridized carbons (Fsp3) is 0.537. The van der Waals surface area contributed by atoms with Crippen LogP contribution in [0.5, 0.6) is 5.75 Å². The Bertz CT molecular complexity index is 1370. The summed E-state index contributed by atoms with van der Waals surface area (Å²) in [5, 5.41) is 0. The molecule has 0 aliphatic heterocycles. The number of methoxy groups -OCH3 is 1. The van der Waals surface area contributed by atoms with Crippen LogP contribution in [0.1, 0.15) is 132 Å². The van der Waals surface area contributed by atoms with Gasteiger partial charge in [0.05, 0.1) is 12.7 Å². The second-order valence-electron chi connectivity index (χ2n) is 13.3. The van der Waals surface area contributed by atoms with E-state index >= 15 is 0 Å². The van der Waals surface area contributed by atoms with E-state index in [1.54, 1.807) is 19.2 Å². The Morgan fingerprint density at radius 3 is 2.11 bits per heavy atom. The van der Waals surface area contributed by atoms with Crippen molar-refractivity contribution in [2.24, 2.45) is 5.92 Å². The van der Waals surface area contributed by atoms with Gasteiger partial charge in [0, 0.05) is 0 Å². The summed E-state index contributed by atoms with van der Waals surface area (Å²) in [6.45, 7) is 4.26. The molecule has 0 saturated heterocycles. The molecule has 0 spiro atoms. The summed E-state index contributed by atoms with van der Waals surface area (Å²) in [6.07, 6.45) is 8.82. The zero-order valence-electron chi connectivity index (χ0n) is 28.5. The smallest absolute Gasteiger partial charge is 0.425 e. The minimum Gasteiger partial charge on any atom is -0.497 e. The third kappa shape index (κ3) is 10.9. The molecule has 47 heavy (non-hydrogen) atoms. The molecule has 4 rings (SSSR count). The lowest BCUT2D eigenvalue weighted by Gasteiger charge is -2.29. The highest BCUT2D eigenvalue weighted by molar-refractivity contribution is 5.91. The Kier molecular flexibility index (Phi) is 14.2. The van der Waals surface area contributed by atoms with Gasteiger partial charge in [0.25, 0.3) is 0 Å². The predicted octanol–water partition coefficient (Wildman–Crippen LogP) is 12.7. The SMILES string of the molecule is CCCCCCCC1CCC(c2ccc(-c3cccc(OC)c3)c(-c3ccc(C(=O)O[C@H](CCCCCC)C(F)(F)F)cc3)c2)CC1. The first-order valence-electron chi connectivity index (χ1n) is 17.9. The van der Waals surface area contributed by atoms with Crippen molar-refractivity contribution in [3.8, 4) is 28.0 Å². The van der Waals surface area contributed by atoms with E-state index in [1.807, 2.05) is 37.3 Å². The van der Waals surface area contributed by atoms with Gasteiger partial charge in [-0.25, -0.2) is 4.79 Å². The minimum absolute atomic E-state index is 0.114. The van der Waals surface area contributed by atoms with E-state index in [0.717, 1.165) is 46.8 Å². The number of hydrogen-bond donors (Lipinski definition) is 0. The number of halogens is 3. The van der Waals surface area contributed by atoms with Crippen molar-refractivity contribution < 1.29 is 27.4 Å². The van der Waals surface area contributed by atoms with E-state index in [2.05, 4.69) is 31.2 Å². The van der Waals surface area contributed by atoms with Crippen molar-refractivity contribution in [3.05, 3.63) is 77.9 Å². The van der Waals surface area contributed by atoms with Crippen molar-refractivity contribution in [1.29, 1.82) is 0 Å². The largest absolute Gasteiger partial charge is 0.497 e. The standard InChI is InChI=1S/C41H53F3O3/c1-4-6-8-10-11-14-30-18-20-31(21-19-30)34-26-27-37(35-15-13-16-36(28-35)46-3)38(29-34)32-22-24-33(25-23-32)40(45)47-39(41(42,43)44)17-12-9-7-5-2/h13,15-16,22-31,39H,4-12,14,17-21H2,1-3H3/t30?,31?,39-/m1/s1. The highest BCUT2D eigenvalue weighted by Crippen LogP contribution is 2.42. The van der Waals surface area contributed by atoms with E-state index in [0.29, 0.717) is 18.8 Å². The number of unbranched alkanes of at least 4 members (excludes halogenated alkanes) is 7. The molecule has 0 unspecified atom stereocenters. The van der Waals surface area contributed by atoms with Crippen LogP contribution in [0.4, 0.5) is 13.2 Å². The Hall–Kier alpha value is -3.28. The fourth-order valence-corrected chi connectivity index (χ4v) is 6.95. The Balaban J connectivity index is 1.53. The number of carbonyl (C=O) groups excluding carboxylic acids is 1. The zero-order valence-corrected chi connectivity index (χ0v) is 28.5. The van der Waals surface area contributed by atoms with Gasteiger partial charge in [-0.3, -0.25) is 0 Å². The molecule has 0 heterocycles. The summed E-state index contributed by atoms with van der Waals surface area (Å²) in [7, 11) is 1.65. The van der Waals surface area contributed by atoms with Crippen molar-refractivity contribution in [2.75, 3.05) is 7.11 Å². The molecule has 0 radical (unpaired) electrons. The molecule has 3 aromatic rings. The third-order valence-corrected chi connectivity index (χ3v) is 9.82. The second-order valence-corrected chi connectivity index (χ2v) is 13.3. The lowest BCUT2D eigenvalue weighted by molar-refractivity contribution is -0.206. The van der Waals surface area contributed by atoms with Gasteiger partial charge in [-0.05, 0) is 102 Å². The van der Waals surface area contributed by atoms with Crippen molar-refractivity contribution >= 4 is 5.97 Å². The van der Waals surface area contributed by atoms with Crippen LogP contribution < -0.4 is 4.74 Å². The van der Waals surface area contributed by atoms with Gasteiger partial charge in [-0.1, -0.05) is 114 Å². The number of rotatable bonds is 17. The summed E-state index contributed by atoms with van der Waals surface area (Å²) in [6, 6.07) is 21.4. The first-order chi connectivity index (χ1) is 22.7. The Labute approximate surface area is 280 Å². The van der Waals surface area contributed by atoms with Gasteiger partial charge in [-0.15, -0.1) is 0 Å². The Morgan fingerprint density at radius 2 is 1.45 bits per heavy atom. The van der Waals surface area contributed by atoms with Crippen LogP contribution in [0.3, 0.4) is 0 Å². The molecule has 0 N–H and O–H groups in total. The quantitative estimate of drug-likeness (QED) is 0.108. The number of esters is 1. The van der Waals surface area contributed by atoms with Crippen LogP contribution in [0.15, 0.2) is 66.7 Å². The minimum atomic E-state index is -4.60. The van der Waals surface area contributed by atoms with Gasteiger partial charge >= 0.3 is 12.1 Å². The van der Waals surface area contributed by atoms with E-state index < -0.39 is 18.2 Å². The molecular formula is C41H53F3O3. The van der Waals surface area contributed by atoms with Crippen molar-refractivity contribution in [3.63, 3.8) is 0 Å². The first kappa shape index (κ1) is 36.6. The molecule has 1 aliphatic rings. The van der Waals surface area contributed by atoms with Gasteiger partial charge in [0.1, 0.15) is 5.75 Å². The predicted molar refractivity (Wildman–Crippen MR) is 186 cm³/mol. The maximum Gasteiger partial charge on any atom is 0.425 e. The van der Waals surface area contributed by atoms with Crippen LogP contribution in [-0.4, -0.2) is 25.4 Å². The second kappa shape index (κ2) is 18.3. The molecule has 0 aromatic heterocycles. The summed E-state index contributed by atoms with van der Waals surface area (Å²) >= 11 is 0. The maximum atomic E-state index is 13.7. The molecule has 3 nitrogen and oxygen atoms in total. The van der Waals surface area contributed by atoms with Crippen LogP contribution in [0.2, 0.25) is 0 Å². The summed E-state index contributed by atoms with van der Waals surface area (Å²) in [4.78, 5) is 12.9. The van der Waals surface area contributed by atoms with E-state index in [1.165, 1.54) is 69.8 Å². The number of carbonyl (C=O) groups is 1. The lowest BCUT2D eigenvalue weighted by atomic mass is 9.76.